The Hall–Kier alpha value is -0.160. The van der Waals surface area contributed by atoms with Gasteiger partial charge < -0.3 is 14.9 Å². The molecule has 0 aliphatic rings. The van der Waals surface area contributed by atoms with E-state index in [0.29, 0.717) is 13.2 Å². The fourth-order valence-corrected chi connectivity index (χ4v) is 0.231. The van der Waals surface area contributed by atoms with E-state index >= 15 is 0 Å². The molecule has 0 aliphatic carbocycles. The summed E-state index contributed by atoms with van der Waals surface area (Å²) in [6.07, 6.45) is 0. The third-order valence-corrected chi connectivity index (χ3v) is 0.471. The van der Waals surface area contributed by atoms with Crippen molar-refractivity contribution in [1.82, 2.24) is 0 Å². The number of hydrogen-bond acceptors (Lipinski definition) is 3. The van der Waals surface area contributed by atoms with Crippen LogP contribution in [0, 0.1) is 0 Å². The van der Waals surface area contributed by atoms with Gasteiger partial charge in [0.15, 0.2) is 0 Å². The minimum atomic E-state index is 0. The van der Waals surface area contributed by atoms with Gasteiger partial charge in [0.25, 0.3) is 0 Å². The highest BCUT2D eigenvalue weighted by Gasteiger charge is 1.79. The topological polar surface area (TPSA) is 69.6 Å². The van der Waals surface area contributed by atoms with Crippen LogP contribution in [0.5, 0.6) is 0 Å². The van der Waals surface area contributed by atoms with Gasteiger partial charge in [0, 0.05) is 0 Å². The number of aliphatic hydroxyl groups excluding tert-OH is 2. The van der Waals surface area contributed by atoms with Crippen molar-refractivity contribution in [2.24, 2.45) is 0 Å². The molecule has 10 heavy (non-hydrogen) atoms. The zero-order chi connectivity index (χ0) is 8.24. The predicted molar refractivity (Wildman–Crippen MR) is 36.2 cm³/mol. The fourth-order valence-electron chi connectivity index (χ4n) is 0.231. The Kier molecular flexibility index (Phi) is 19.9. The van der Waals surface area contributed by atoms with Crippen LogP contribution >= 0.6 is 0 Å². The van der Waals surface area contributed by atoms with Crippen molar-refractivity contribution in [2.75, 3.05) is 33.0 Å². The third-order valence-electron chi connectivity index (χ3n) is 0.471. The average Bonchev–Trinajstić information content (AvgIpc) is 1.91. The molecule has 0 aromatic carbocycles. The van der Waals surface area contributed by atoms with Gasteiger partial charge in [-0.2, -0.15) is 0 Å². The summed E-state index contributed by atoms with van der Waals surface area (Å²) >= 11 is 0. The maximum absolute atomic E-state index is 8.93. The lowest BCUT2D eigenvalue weighted by Gasteiger charge is -1.94. The molecular formula is C6H15O4. The summed E-state index contributed by atoms with van der Waals surface area (Å²) in [6, 6.07) is 0. The molecule has 0 aliphatic heterocycles. The van der Waals surface area contributed by atoms with Crippen molar-refractivity contribution in [3.05, 3.63) is 0 Å². The molecule has 0 fully saturated rings. The van der Waals surface area contributed by atoms with E-state index in [-0.39, 0.29) is 19.8 Å². The molecule has 0 aromatic rings. The van der Waals surface area contributed by atoms with Crippen LogP contribution in [0.2, 0.25) is 0 Å². The quantitative estimate of drug-likeness (QED) is 0.528. The molecule has 4 heteroatoms. The van der Waals surface area contributed by atoms with Crippen LogP contribution < -0.4 is 0 Å². The highest BCUT2D eigenvalue weighted by atomic mass is 16.5. The summed E-state index contributed by atoms with van der Waals surface area (Å²) in [6.45, 7) is 2.26. The first-order valence-corrected chi connectivity index (χ1v) is 3.21. The minimum absolute atomic E-state index is 0. The summed E-state index contributed by atoms with van der Waals surface area (Å²) in [5.74, 6) is 0. The summed E-state index contributed by atoms with van der Waals surface area (Å²) < 4.78 is 4.63. The normalized spacial score (nSPS) is 8.40. The van der Waals surface area contributed by atoms with E-state index in [0.717, 1.165) is 0 Å². The molecule has 0 saturated heterocycles. The van der Waals surface area contributed by atoms with Crippen LogP contribution in [0.25, 0.3) is 0 Å². The van der Waals surface area contributed by atoms with Crippen molar-refractivity contribution in [3.63, 3.8) is 0 Å². The predicted octanol–water partition coefficient (Wildman–Crippen LogP) is -0.576. The highest BCUT2D eigenvalue weighted by Crippen LogP contribution is 1.68. The van der Waals surface area contributed by atoms with Gasteiger partial charge in [-0.25, -0.2) is 5.11 Å². The molecule has 0 unspecified atom stereocenters. The molecule has 0 amide bonds. The molecule has 0 atom stereocenters. The second-order valence-electron chi connectivity index (χ2n) is 1.35. The van der Waals surface area contributed by atoms with Crippen molar-refractivity contribution in [2.45, 2.75) is 6.92 Å². The first-order chi connectivity index (χ1) is 4.83. The van der Waals surface area contributed by atoms with E-state index in [1.165, 1.54) is 0 Å². The van der Waals surface area contributed by atoms with Gasteiger partial charge in [-0.15, -0.1) is 0 Å². The van der Waals surface area contributed by atoms with Crippen LogP contribution in [0.4, 0.5) is 0 Å². The van der Waals surface area contributed by atoms with E-state index in [1.807, 2.05) is 0 Å². The molecule has 0 rings (SSSR count). The molecule has 0 spiro atoms. The highest BCUT2D eigenvalue weighted by molar-refractivity contribution is 4.24. The lowest BCUT2D eigenvalue weighted by Crippen LogP contribution is -2.03. The Labute approximate surface area is 61.1 Å². The summed E-state index contributed by atoms with van der Waals surface area (Å²) in [5.41, 5.74) is 0. The lowest BCUT2D eigenvalue weighted by atomic mass is 10.7. The summed E-state index contributed by atoms with van der Waals surface area (Å²) in [4.78, 5) is 0. The molecular weight excluding hydrogens is 136 g/mol. The Morgan fingerprint density at radius 3 is 1.70 bits per heavy atom. The first-order valence-electron chi connectivity index (χ1n) is 3.21. The molecule has 2 N–H and O–H groups in total. The Balaban J connectivity index is 0. The van der Waals surface area contributed by atoms with E-state index in [1.54, 1.807) is 6.92 Å². The van der Waals surface area contributed by atoms with Crippen LogP contribution in [0.3, 0.4) is 0 Å². The van der Waals surface area contributed by atoms with Gasteiger partial charge >= 0.3 is 0 Å². The van der Waals surface area contributed by atoms with Gasteiger partial charge in [-0.3, -0.25) is 0 Å². The molecule has 63 valence electrons. The maximum atomic E-state index is 8.93. The number of hydrogen-bond donors (Lipinski definition) is 2. The van der Waals surface area contributed by atoms with Gasteiger partial charge in [0.2, 0.25) is 0 Å². The zero-order valence-electron chi connectivity index (χ0n) is 6.25. The molecule has 0 heterocycles. The van der Waals surface area contributed by atoms with E-state index in [9.17, 15) is 0 Å². The number of ether oxygens (including phenoxy) is 1. The summed E-state index contributed by atoms with van der Waals surface area (Å²) in [5, 5.41) is 25.1. The third kappa shape index (κ3) is 24.9. The molecule has 4 nitrogen and oxygen atoms in total. The second-order valence-corrected chi connectivity index (χ2v) is 1.35. The van der Waals surface area contributed by atoms with Crippen molar-refractivity contribution in [1.29, 1.82) is 0 Å². The maximum Gasteiger partial charge on any atom is 0.0794 e. The van der Waals surface area contributed by atoms with E-state index < -0.39 is 0 Å². The Morgan fingerprint density at radius 1 is 1.20 bits per heavy atom. The second kappa shape index (κ2) is 15.9. The van der Waals surface area contributed by atoms with Crippen LogP contribution in [-0.2, 0) is 9.84 Å². The monoisotopic (exact) mass is 151 g/mol. The van der Waals surface area contributed by atoms with Crippen LogP contribution in [0.15, 0.2) is 0 Å². The van der Waals surface area contributed by atoms with E-state index in [2.05, 4.69) is 4.74 Å². The SMILES string of the molecule is CC[O].OCCOCCO. The van der Waals surface area contributed by atoms with Crippen molar-refractivity contribution in [3.8, 4) is 0 Å². The molecule has 1 radical (unpaired) electrons. The minimum Gasteiger partial charge on any atom is -0.394 e. The van der Waals surface area contributed by atoms with E-state index in [4.69, 9.17) is 15.3 Å². The van der Waals surface area contributed by atoms with Gasteiger partial charge in [0.05, 0.1) is 33.0 Å². The molecule has 0 saturated carbocycles. The van der Waals surface area contributed by atoms with Crippen LogP contribution in [0.1, 0.15) is 6.92 Å². The summed E-state index contributed by atoms with van der Waals surface area (Å²) in [7, 11) is 0. The number of rotatable bonds is 4. The van der Waals surface area contributed by atoms with Crippen LogP contribution in [-0.4, -0.2) is 43.2 Å². The molecule has 0 aromatic heterocycles. The van der Waals surface area contributed by atoms with Crippen molar-refractivity contribution < 1.29 is 20.1 Å². The lowest BCUT2D eigenvalue weighted by molar-refractivity contribution is 0.0650. The number of aliphatic hydroxyl groups is 2. The van der Waals surface area contributed by atoms with Crippen molar-refractivity contribution >= 4 is 0 Å². The average molecular weight is 151 g/mol. The van der Waals surface area contributed by atoms with Gasteiger partial charge in [-0.1, -0.05) is 0 Å². The fraction of sp³-hybridized carbons (Fsp3) is 1.00. The first kappa shape index (κ1) is 12.5. The van der Waals surface area contributed by atoms with Gasteiger partial charge in [0.1, 0.15) is 0 Å². The molecule has 0 bridgehead atoms. The largest absolute Gasteiger partial charge is 0.394 e. The Morgan fingerprint density at radius 2 is 1.50 bits per heavy atom. The Bertz CT molecular complexity index is 36.7. The standard InChI is InChI=1S/C4H10O3.C2H5O/c5-1-3-7-4-2-6;1-2-3/h5-6H,1-4H2;2H2,1H3. The zero-order valence-corrected chi connectivity index (χ0v) is 6.25. The smallest absolute Gasteiger partial charge is 0.0794 e. The van der Waals surface area contributed by atoms with Gasteiger partial charge in [-0.05, 0) is 6.92 Å².